The molecule has 1 aromatic carbocycles. The molecule has 0 atom stereocenters. The molecule has 0 bridgehead atoms. The van der Waals surface area contributed by atoms with Gasteiger partial charge >= 0.3 is 0 Å². The van der Waals surface area contributed by atoms with Gasteiger partial charge in [-0.2, -0.15) is 5.26 Å². The molecule has 1 fully saturated rings. The number of rotatable bonds is 2. The molecule has 4 rings (SSSR count). The maximum absolute atomic E-state index is 12.8. The first kappa shape index (κ1) is 17.7. The summed E-state index contributed by atoms with van der Waals surface area (Å²) in [4.78, 5) is 35.1. The number of aliphatic imine (C=N–C) groups is 1. The first-order valence-electron chi connectivity index (χ1n) is 8.94. The van der Waals surface area contributed by atoms with Gasteiger partial charge in [-0.25, -0.2) is 4.99 Å². The van der Waals surface area contributed by atoms with Gasteiger partial charge in [0.15, 0.2) is 5.96 Å². The van der Waals surface area contributed by atoms with Crippen LogP contribution in [0.2, 0.25) is 0 Å². The fourth-order valence-electron chi connectivity index (χ4n) is 3.64. The van der Waals surface area contributed by atoms with Gasteiger partial charge in [-0.1, -0.05) is 12.1 Å². The van der Waals surface area contributed by atoms with Crippen LogP contribution in [0.3, 0.4) is 0 Å². The number of nitrogens with two attached hydrogens (primary N) is 1. The molecule has 3 heterocycles. The molecule has 8 nitrogen and oxygen atoms in total. The first-order valence-corrected chi connectivity index (χ1v) is 8.94. The molecule has 1 saturated heterocycles. The lowest BCUT2D eigenvalue weighted by Crippen LogP contribution is -2.50. The Balaban J connectivity index is 1.48. The quantitative estimate of drug-likeness (QED) is 0.813. The number of piperidine rings is 1. The number of guanidine groups is 1. The van der Waals surface area contributed by atoms with Gasteiger partial charge in [0.25, 0.3) is 11.8 Å². The van der Waals surface area contributed by atoms with Crippen molar-refractivity contribution in [3.8, 4) is 17.3 Å². The molecular weight excluding hydrogens is 356 g/mol. The highest BCUT2D eigenvalue weighted by atomic mass is 16.2. The molecule has 2 aliphatic heterocycles. The molecule has 1 aromatic heterocycles. The summed E-state index contributed by atoms with van der Waals surface area (Å²) in [5.41, 5.74) is 7.17. The second-order valence-corrected chi connectivity index (χ2v) is 6.86. The number of likely N-dealkylation sites (tertiary alicyclic amines) is 1. The SMILES string of the molecule is N#Cc1cccnc1-c1ccc(C(=O)N2CCC3(CC2)N=C(N)NC3=O)cc1. The minimum atomic E-state index is -0.836. The second-order valence-electron chi connectivity index (χ2n) is 6.86. The molecule has 2 amide bonds. The van der Waals surface area contributed by atoms with Crippen LogP contribution in [0.15, 0.2) is 47.6 Å². The van der Waals surface area contributed by atoms with E-state index in [0.717, 1.165) is 5.56 Å². The molecule has 3 N–H and O–H groups in total. The van der Waals surface area contributed by atoms with Crippen molar-refractivity contribution in [2.45, 2.75) is 18.4 Å². The maximum Gasteiger partial charge on any atom is 0.254 e. The van der Waals surface area contributed by atoms with Crippen LogP contribution in [0.5, 0.6) is 0 Å². The molecule has 140 valence electrons. The number of carbonyl (C=O) groups is 2. The minimum Gasteiger partial charge on any atom is -0.370 e. The highest BCUT2D eigenvalue weighted by Crippen LogP contribution is 2.30. The van der Waals surface area contributed by atoms with E-state index in [4.69, 9.17) is 5.73 Å². The van der Waals surface area contributed by atoms with E-state index in [1.165, 1.54) is 0 Å². The smallest absolute Gasteiger partial charge is 0.254 e. The Bertz CT molecular complexity index is 1010. The third kappa shape index (κ3) is 2.97. The standard InChI is InChI=1S/C20H18N6O2/c21-12-15-2-1-9-23-16(15)13-3-5-14(6-4-13)17(27)26-10-7-20(8-11-26)18(28)24-19(22)25-20/h1-6,9H,7-8,10-11H2,(H3,22,24,25,28). The molecule has 2 aliphatic rings. The molecule has 0 unspecified atom stereocenters. The number of nitrogens with one attached hydrogen (secondary N) is 1. The highest BCUT2D eigenvalue weighted by Gasteiger charge is 2.46. The molecule has 0 aliphatic carbocycles. The first-order chi connectivity index (χ1) is 13.5. The molecular formula is C20H18N6O2. The topological polar surface area (TPSA) is 124 Å². The summed E-state index contributed by atoms with van der Waals surface area (Å²) in [5.74, 6) is -0.144. The number of pyridine rings is 1. The van der Waals surface area contributed by atoms with Crippen LogP contribution in [-0.2, 0) is 4.79 Å². The average molecular weight is 374 g/mol. The summed E-state index contributed by atoms with van der Waals surface area (Å²) < 4.78 is 0. The molecule has 0 radical (unpaired) electrons. The lowest BCUT2D eigenvalue weighted by molar-refractivity contribution is -0.125. The van der Waals surface area contributed by atoms with Crippen molar-refractivity contribution in [3.05, 3.63) is 53.7 Å². The maximum atomic E-state index is 12.8. The summed E-state index contributed by atoms with van der Waals surface area (Å²) >= 11 is 0. The van der Waals surface area contributed by atoms with Crippen LogP contribution >= 0.6 is 0 Å². The minimum absolute atomic E-state index is 0.0988. The van der Waals surface area contributed by atoms with Crippen molar-refractivity contribution in [1.29, 1.82) is 5.26 Å². The largest absolute Gasteiger partial charge is 0.370 e. The number of aromatic nitrogens is 1. The van der Waals surface area contributed by atoms with E-state index in [-0.39, 0.29) is 17.8 Å². The summed E-state index contributed by atoms with van der Waals surface area (Å²) in [6, 6.07) is 12.6. The lowest BCUT2D eigenvalue weighted by Gasteiger charge is -2.35. The van der Waals surface area contributed by atoms with Crippen LogP contribution in [-0.4, -0.2) is 46.3 Å². The van der Waals surface area contributed by atoms with Crippen molar-refractivity contribution in [2.24, 2.45) is 10.7 Å². The summed E-state index contributed by atoms with van der Waals surface area (Å²) in [7, 11) is 0. The van der Waals surface area contributed by atoms with Crippen LogP contribution in [0.1, 0.15) is 28.8 Å². The normalized spacial score (nSPS) is 17.8. The molecule has 0 saturated carbocycles. The predicted octanol–water partition coefficient (Wildman–Crippen LogP) is 1.04. The highest BCUT2D eigenvalue weighted by molar-refractivity contribution is 6.07. The third-order valence-corrected chi connectivity index (χ3v) is 5.21. The van der Waals surface area contributed by atoms with Gasteiger partial charge in [-0.15, -0.1) is 0 Å². The second kappa shape index (κ2) is 6.78. The lowest BCUT2D eigenvalue weighted by atomic mass is 9.87. The molecule has 8 heteroatoms. The summed E-state index contributed by atoms with van der Waals surface area (Å²) in [6.07, 6.45) is 2.53. The van der Waals surface area contributed by atoms with E-state index in [2.05, 4.69) is 21.4 Å². The van der Waals surface area contributed by atoms with Gasteiger partial charge in [0.1, 0.15) is 11.6 Å². The third-order valence-electron chi connectivity index (χ3n) is 5.21. The van der Waals surface area contributed by atoms with Gasteiger partial charge < -0.3 is 10.6 Å². The zero-order valence-electron chi connectivity index (χ0n) is 15.1. The Morgan fingerprint density at radius 2 is 1.93 bits per heavy atom. The number of hydrogen-bond donors (Lipinski definition) is 2. The average Bonchev–Trinajstić information content (AvgIpc) is 3.00. The molecule has 2 aromatic rings. The number of hydrogen-bond acceptors (Lipinski definition) is 6. The zero-order valence-corrected chi connectivity index (χ0v) is 15.1. The fraction of sp³-hybridized carbons (Fsp3) is 0.250. The van der Waals surface area contributed by atoms with Gasteiger partial charge in [-0.3, -0.25) is 19.9 Å². The van der Waals surface area contributed by atoms with E-state index in [1.807, 2.05) is 0 Å². The van der Waals surface area contributed by atoms with Crippen LogP contribution < -0.4 is 11.1 Å². The Labute approximate surface area is 161 Å². The van der Waals surface area contributed by atoms with E-state index in [0.29, 0.717) is 42.8 Å². The van der Waals surface area contributed by atoms with Crippen LogP contribution in [0.25, 0.3) is 11.3 Å². The number of nitriles is 1. The van der Waals surface area contributed by atoms with E-state index in [1.54, 1.807) is 47.5 Å². The number of benzene rings is 1. The Hall–Kier alpha value is -3.73. The van der Waals surface area contributed by atoms with E-state index < -0.39 is 5.54 Å². The Morgan fingerprint density at radius 1 is 1.21 bits per heavy atom. The number of carbonyl (C=O) groups excluding carboxylic acids is 2. The number of nitrogens with zero attached hydrogens (tertiary/aromatic N) is 4. The molecule has 28 heavy (non-hydrogen) atoms. The summed E-state index contributed by atoms with van der Waals surface area (Å²) in [6.45, 7) is 0.868. The van der Waals surface area contributed by atoms with Gasteiger partial charge in [-0.05, 0) is 37.1 Å². The van der Waals surface area contributed by atoms with Crippen molar-refractivity contribution >= 4 is 17.8 Å². The Kier molecular flexibility index (Phi) is 4.28. The number of amides is 2. The van der Waals surface area contributed by atoms with Crippen molar-refractivity contribution in [3.63, 3.8) is 0 Å². The van der Waals surface area contributed by atoms with E-state index >= 15 is 0 Å². The fourth-order valence-corrected chi connectivity index (χ4v) is 3.64. The van der Waals surface area contributed by atoms with Gasteiger partial charge in [0, 0.05) is 30.4 Å². The van der Waals surface area contributed by atoms with Crippen molar-refractivity contribution < 1.29 is 9.59 Å². The summed E-state index contributed by atoms with van der Waals surface area (Å²) in [5, 5.41) is 11.8. The van der Waals surface area contributed by atoms with Gasteiger partial charge in [0.2, 0.25) is 0 Å². The Morgan fingerprint density at radius 3 is 2.54 bits per heavy atom. The predicted molar refractivity (Wildman–Crippen MR) is 102 cm³/mol. The van der Waals surface area contributed by atoms with E-state index in [9.17, 15) is 14.9 Å². The van der Waals surface area contributed by atoms with Crippen LogP contribution in [0, 0.1) is 11.3 Å². The monoisotopic (exact) mass is 374 g/mol. The van der Waals surface area contributed by atoms with Crippen molar-refractivity contribution in [2.75, 3.05) is 13.1 Å². The van der Waals surface area contributed by atoms with Crippen molar-refractivity contribution in [1.82, 2.24) is 15.2 Å². The molecule has 1 spiro atoms. The van der Waals surface area contributed by atoms with Gasteiger partial charge in [0.05, 0.1) is 11.3 Å². The zero-order chi connectivity index (χ0) is 19.7. The van der Waals surface area contributed by atoms with Crippen LogP contribution in [0.4, 0.5) is 0 Å².